The lowest BCUT2D eigenvalue weighted by molar-refractivity contribution is 0.281. The number of anilines is 1. The first-order valence-corrected chi connectivity index (χ1v) is 5.03. The summed E-state index contributed by atoms with van der Waals surface area (Å²) < 4.78 is 1.61. The van der Waals surface area contributed by atoms with Crippen molar-refractivity contribution >= 4 is 11.5 Å². The molecule has 1 aliphatic carbocycles. The van der Waals surface area contributed by atoms with E-state index in [1.807, 2.05) is 6.07 Å². The molecule has 1 aliphatic rings. The Morgan fingerprint density at radius 1 is 1.53 bits per heavy atom. The van der Waals surface area contributed by atoms with Crippen molar-refractivity contribution in [1.29, 1.82) is 0 Å². The van der Waals surface area contributed by atoms with Gasteiger partial charge in [-0.3, -0.25) is 0 Å². The van der Waals surface area contributed by atoms with Gasteiger partial charge in [-0.2, -0.15) is 9.61 Å². The molecular weight excluding hydrogens is 192 g/mol. The normalized spacial score (nSPS) is 16.1. The summed E-state index contributed by atoms with van der Waals surface area (Å²) in [6.07, 6.45) is 4.01. The molecule has 0 spiro atoms. The van der Waals surface area contributed by atoms with Gasteiger partial charge in [0.25, 0.3) is 0 Å². The van der Waals surface area contributed by atoms with Gasteiger partial charge in [0.1, 0.15) is 5.82 Å². The third-order valence-electron chi connectivity index (χ3n) is 2.79. The largest absolute Gasteiger partial charge is 0.391 e. The van der Waals surface area contributed by atoms with Gasteiger partial charge in [0.05, 0.1) is 12.3 Å². The third-order valence-corrected chi connectivity index (χ3v) is 2.79. The molecule has 3 N–H and O–H groups in total. The van der Waals surface area contributed by atoms with Gasteiger partial charge in [-0.1, -0.05) is 0 Å². The van der Waals surface area contributed by atoms with E-state index in [0.29, 0.717) is 17.3 Å². The van der Waals surface area contributed by atoms with E-state index in [-0.39, 0.29) is 6.61 Å². The van der Waals surface area contributed by atoms with Gasteiger partial charge in [0.2, 0.25) is 0 Å². The Balaban J connectivity index is 2.20. The molecule has 0 atom stereocenters. The van der Waals surface area contributed by atoms with Crippen molar-refractivity contribution in [1.82, 2.24) is 14.6 Å². The van der Waals surface area contributed by atoms with Crippen LogP contribution >= 0.6 is 0 Å². The lowest BCUT2D eigenvalue weighted by Gasteiger charge is -2.02. The Labute approximate surface area is 86.5 Å². The predicted octanol–water partition coefficient (Wildman–Crippen LogP) is 0.681. The summed E-state index contributed by atoms with van der Waals surface area (Å²) in [5.74, 6) is 1.07. The lowest BCUT2D eigenvalue weighted by atomic mass is 10.3. The number of nitrogens with two attached hydrogens (primary N) is 1. The molecule has 0 radical (unpaired) electrons. The molecule has 0 aromatic carbocycles. The first kappa shape index (κ1) is 8.67. The fraction of sp³-hybridized carbons (Fsp3) is 0.400. The number of nitrogen functional groups attached to an aromatic ring is 1. The average Bonchev–Trinajstić information content (AvgIpc) is 2.99. The third kappa shape index (κ3) is 1.27. The molecule has 0 aliphatic heterocycles. The average molecular weight is 204 g/mol. The van der Waals surface area contributed by atoms with Gasteiger partial charge in [0.15, 0.2) is 5.65 Å². The minimum absolute atomic E-state index is 0.104. The zero-order chi connectivity index (χ0) is 10.4. The number of hydrogen-bond acceptors (Lipinski definition) is 4. The van der Waals surface area contributed by atoms with Crippen LogP contribution in [0.25, 0.3) is 5.65 Å². The monoisotopic (exact) mass is 204 g/mol. The predicted molar refractivity (Wildman–Crippen MR) is 55.3 cm³/mol. The van der Waals surface area contributed by atoms with E-state index in [0.717, 1.165) is 11.3 Å². The van der Waals surface area contributed by atoms with Crippen LogP contribution in [0.1, 0.15) is 30.0 Å². The summed E-state index contributed by atoms with van der Waals surface area (Å²) in [4.78, 5) is 4.20. The summed E-state index contributed by atoms with van der Waals surface area (Å²) in [5.41, 5.74) is 8.30. The van der Waals surface area contributed by atoms with E-state index < -0.39 is 0 Å². The van der Waals surface area contributed by atoms with E-state index in [4.69, 9.17) is 10.8 Å². The molecule has 3 rings (SSSR count). The maximum absolute atomic E-state index is 9.05. The molecule has 0 bridgehead atoms. The van der Waals surface area contributed by atoms with Crippen LogP contribution in [0, 0.1) is 0 Å². The Morgan fingerprint density at radius 3 is 3.00 bits per heavy atom. The highest BCUT2D eigenvalue weighted by molar-refractivity contribution is 5.51. The van der Waals surface area contributed by atoms with Crippen LogP contribution in [0.5, 0.6) is 0 Å². The van der Waals surface area contributed by atoms with Gasteiger partial charge < -0.3 is 10.8 Å². The van der Waals surface area contributed by atoms with E-state index in [1.165, 1.54) is 12.8 Å². The smallest absolute Gasteiger partial charge is 0.157 e. The molecule has 1 saturated carbocycles. The molecule has 5 nitrogen and oxygen atoms in total. The summed E-state index contributed by atoms with van der Waals surface area (Å²) in [6, 6.07) is 1.97. The highest BCUT2D eigenvalue weighted by atomic mass is 16.3. The minimum Gasteiger partial charge on any atom is -0.391 e. The van der Waals surface area contributed by atoms with Gasteiger partial charge >= 0.3 is 0 Å². The van der Waals surface area contributed by atoms with Crippen LogP contribution in [-0.2, 0) is 6.61 Å². The Morgan fingerprint density at radius 2 is 2.33 bits per heavy atom. The van der Waals surface area contributed by atoms with E-state index in [2.05, 4.69) is 10.1 Å². The molecule has 0 saturated heterocycles. The fourth-order valence-corrected chi connectivity index (χ4v) is 1.70. The first-order valence-electron chi connectivity index (χ1n) is 5.03. The van der Waals surface area contributed by atoms with E-state index in [9.17, 15) is 0 Å². The van der Waals surface area contributed by atoms with Crippen LogP contribution in [0.15, 0.2) is 12.3 Å². The second kappa shape index (κ2) is 2.93. The highest BCUT2D eigenvalue weighted by Gasteiger charge is 2.26. The Bertz CT molecular complexity index is 515. The van der Waals surface area contributed by atoms with Crippen LogP contribution in [0.2, 0.25) is 0 Å². The van der Waals surface area contributed by atoms with Gasteiger partial charge in [-0.15, -0.1) is 0 Å². The molecule has 78 valence electrons. The molecule has 1 fully saturated rings. The second-order valence-electron chi connectivity index (χ2n) is 3.94. The Kier molecular flexibility index (Phi) is 1.70. The summed E-state index contributed by atoms with van der Waals surface area (Å²) in [5, 5.41) is 13.4. The first-order chi connectivity index (χ1) is 7.29. The standard InChI is InChI=1S/C10H12N4O/c11-10-7(5-15)4-12-9-3-8(6-1-2-6)13-14(9)10/h3-4,6,15H,1-2,5,11H2. The quantitative estimate of drug-likeness (QED) is 0.754. The molecule has 2 heterocycles. The number of nitrogens with zero attached hydrogens (tertiary/aromatic N) is 3. The number of aliphatic hydroxyl groups is 1. The Hall–Kier alpha value is -1.62. The number of aromatic nitrogens is 3. The topological polar surface area (TPSA) is 76.4 Å². The molecule has 2 aromatic heterocycles. The van der Waals surface area contributed by atoms with Gasteiger partial charge in [-0.05, 0) is 12.8 Å². The summed E-state index contributed by atoms with van der Waals surface area (Å²) >= 11 is 0. The minimum atomic E-state index is -0.104. The van der Waals surface area contributed by atoms with Gasteiger partial charge in [-0.25, -0.2) is 4.98 Å². The SMILES string of the molecule is Nc1c(CO)cnc2cc(C3CC3)nn12. The molecule has 5 heteroatoms. The van der Waals surface area contributed by atoms with Crippen LogP contribution in [0.3, 0.4) is 0 Å². The lowest BCUT2D eigenvalue weighted by Crippen LogP contribution is -2.05. The van der Waals surface area contributed by atoms with Gasteiger partial charge in [0, 0.05) is 23.7 Å². The fourth-order valence-electron chi connectivity index (χ4n) is 1.70. The van der Waals surface area contributed by atoms with E-state index in [1.54, 1.807) is 10.7 Å². The summed E-state index contributed by atoms with van der Waals surface area (Å²) in [7, 11) is 0. The zero-order valence-electron chi connectivity index (χ0n) is 8.22. The van der Waals surface area contributed by atoms with Crippen molar-refractivity contribution < 1.29 is 5.11 Å². The maximum atomic E-state index is 9.05. The van der Waals surface area contributed by atoms with Crippen molar-refractivity contribution in [3.63, 3.8) is 0 Å². The number of fused-ring (bicyclic) bond motifs is 1. The van der Waals surface area contributed by atoms with Crippen LogP contribution < -0.4 is 5.73 Å². The van der Waals surface area contributed by atoms with Crippen molar-refractivity contribution in [2.45, 2.75) is 25.4 Å². The van der Waals surface area contributed by atoms with Crippen LogP contribution in [0.4, 0.5) is 5.82 Å². The second-order valence-corrected chi connectivity index (χ2v) is 3.94. The van der Waals surface area contributed by atoms with Crippen LogP contribution in [-0.4, -0.2) is 19.7 Å². The molecule has 0 unspecified atom stereocenters. The molecule has 15 heavy (non-hydrogen) atoms. The van der Waals surface area contributed by atoms with Crippen molar-refractivity contribution in [2.75, 3.05) is 5.73 Å². The van der Waals surface area contributed by atoms with E-state index >= 15 is 0 Å². The molecule has 0 amide bonds. The zero-order valence-corrected chi connectivity index (χ0v) is 8.22. The molecular formula is C10H12N4O. The highest BCUT2D eigenvalue weighted by Crippen LogP contribution is 2.39. The van der Waals surface area contributed by atoms with Crippen molar-refractivity contribution in [3.8, 4) is 0 Å². The van der Waals surface area contributed by atoms with Crippen molar-refractivity contribution in [2.24, 2.45) is 0 Å². The number of rotatable bonds is 2. The van der Waals surface area contributed by atoms with Crippen molar-refractivity contribution in [3.05, 3.63) is 23.5 Å². The number of aliphatic hydroxyl groups excluding tert-OH is 1. The molecule has 2 aromatic rings. The number of hydrogen-bond donors (Lipinski definition) is 2. The summed E-state index contributed by atoms with van der Waals surface area (Å²) in [6.45, 7) is -0.104. The maximum Gasteiger partial charge on any atom is 0.157 e.